The van der Waals surface area contributed by atoms with Gasteiger partial charge >= 0.3 is 6.09 Å². The van der Waals surface area contributed by atoms with Crippen LogP contribution in [0.4, 0.5) is 9.18 Å². The number of halogens is 1. The number of aromatic nitrogens is 4. The smallest absolute Gasteiger partial charge is 0.418 e. The normalized spacial score (nSPS) is 11.3. The number of ketones is 1. The fraction of sp³-hybridized carbons (Fsp3) is 0.0968. The molecule has 0 amide bonds. The Hall–Kier alpha value is -5.11. The van der Waals surface area contributed by atoms with E-state index in [1.54, 1.807) is 48.8 Å². The molecule has 6 rings (SSSR count). The highest BCUT2D eigenvalue weighted by molar-refractivity contribution is 6.17. The van der Waals surface area contributed by atoms with Crippen molar-refractivity contribution < 1.29 is 18.7 Å². The summed E-state index contributed by atoms with van der Waals surface area (Å²) < 4.78 is 21.8. The van der Waals surface area contributed by atoms with Crippen LogP contribution in [0.2, 0.25) is 0 Å². The molecule has 0 aliphatic heterocycles. The monoisotopic (exact) mass is 518 g/mol. The lowest BCUT2D eigenvalue weighted by Gasteiger charge is -2.08. The number of hydrogen-bond acceptors (Lipinski definition) is 5. The van der Waals surface area contributed by atoms with Crippen LogP contribution >= 0.6 is 0 Å². The molecule has 3 aromatic heterocycles. The molecule has 0 saturated carbocycles. The molecule has 0 unspecified atom stereocenters. The van der Waals surface area contributed by atoms with E-state index < -0.39 is 6.09 Å². The number of nitrogens with zero attached hydrogens (tertiary/aromatic N) is 4. The van der Waals surface area contributed by atoms with Gasteiger partial charge in [0.25, 0.3) is 0 Å². The molecule has 0 fully saturated rings. The molecule has 0 saturated heterocycles. The first-order valence-corrected chi connectivity index (χ1v) is 12.3. The minimum absolute atomic E-state index is 0.209. The Kier molecular flexibility index (Phi) is 5.99. The van der Waals surface area contributed by atoms with E-state index in [9.17, 15) is 14.0 Å². The first kappa shape index (κ1) is 24.2. The molecule has 0 bridgehead atoms. The summed E-state index contributed by atoms with van der Waals surface area (Å²) in [7, 11) is 1.29. The number of rotatable bonds is 5. The third-order valence-corrected chi connectivity index (χ3v) is 6.90. The molecular weight excluding hydrogens is 495 g/mol. The summed E-state index contributed by atoms with van der Waals surface area (Å²) in [6, 6.07) is 20.9. The molecule has 39 heavy (non-hydrogen) atoms. The number of benzene rings is 3. The van der Waals surface area contributed by atoms with Gasteiger partial charge < -0.3 is 9.30 Å². The van der Waals surface area contributed by atoms with Crippen molar-refractivity contribution in [2.45, 2.75) is 13.5 Å². The molecule has 3 heterocycles. The standard InChI is InChI=1S/C31H23FN4O3/c1-19-34-27-16-33-14-13-28(27)35(19)17-20-3-5-22(6-4-20)30(37)26-18-36(31(38)39-2)29-15-23(9-12-25(26)29)21-7-10-24(32)11-8-21/h3-16,18H,17H2,1-2H3. The zero-order valence-electron chi connectivity index (χ0n) is 21.3. The second-order valence-corrected chi connectivity index (χ2v) is 9.26. The maximum absolute atomic E-state index is 13.6. The molecule has 7 nitrogen and oxygen atoms in total. The summed E-state index contributed by atoms with van der Waals surface area (Å²) in [5, 5.41) is 0.620. The first-order chi connectivity index (χ1) is 18.9. The zero-order chi connectivity index (χ0) is 27.1. The van der Waals surface area contributed by atoms with Crippen molar-refractivity contribution in [3.8, 4) is 11.1 Å². The van der Waals surface area contributed by atoms with Crippen molar-refractivity contribution in [1.29, 1.82) is 0 Å². The first-order valence-electron chi connectivity index (χ1n) is 12.3. The summed E-state index contributed by atoms with van der Waals surface area (Å²) in [6.45, 7) is 2.56. The van der Waals surface area contributed by atoms with Gasteiger partial charge in [-0.3, -0.25) is 14.3 Å². The van der Waals surface area contributed by atoms with Gasteiger partial charge in [-0.25, -0.2) is 14.2 Å². The van der Waals surface area contributed by atoms with Crippen molar-refractivity contribution in [2.75, 3.05) is 7.11 Å². The number of fused-ring (bicyclic) bond motifs is 2. The Morgan fingerprint density at radius 2 is 1.67 bits per heavy atom. The molecule has 192 valence electrons. The Labute approximate surface area is 223 Å². The average Bonchev–Trinajstić information content (AvgIpc) is 3.50. The van der Waals surface area contributed by atoms with Crippen LogP contribution in [0.15, 0.2) is 91.4 Å². The molecule has 0 N–H and O–H groups in total. The predicted octanol–water partition coefficient (Wildman–Crippen LogP) is 6.39. The van der Waals surface area contributed by atoms with Gasteiger partial charge in [-0.2, -0.15) is 0 Å². The fourth-order valence-corrected chi connectivity index (χ4v) is 4.88. The van der Waals surface area contributed by atoms with Crippen LogP contribution < -0.4 is 0 Å². The SMILES string of the molecule is COC(=O)n1cc(C(=O)c2ccc(Cn3c(C)nc4cnccc43)cc2)c2ccc(-c3ccc(F)cc3)cc21. The van der Waals surface area contributed by atoms with Crippen molar-refractivity contribution in [3.05, 3.63) is 120 Å². The molecule has 0 atom stereocenters. The minimum Gasteiger partial charge on any atom is -0.452 e. The van der Waals surface area contributed by atoms with E-state index in [-0.39, 0.29) is 11.6 Å². The number of imidazole rings is 1. The average molecular weight is 519 g/mol. The second kappa shape index (κ2) is 9.64. The van der Waals surface area contributed by atoms with Gasteiger partial charge in [-0.05, 0) is 47.9 Å². The summed E-state index contributed by atoms with van der Waals surface area (Å²) in [5.74, 6) is 0.343. The largest absolute Gasteiger partial charge is 0.452 e. The van der Waals surface area contributed by atoms with Gasteiger partial charge in [0.2, 0.25) is 0 Å². The molecular formula is C31H23FN4O3. The lowest BCUT2D eigenvalue weighted by Crippen LogP contribution is -2.10. The predicted molar refractivity (Wildman–Crippen MR) is 146 cm³/mol. The van der Waals surface area contributed by atoms with E-state index in [0.717, 1.165) is 33.5 Å². The quantitative estimate of drug-likeness (QED) is 0.247. The molecule has 0 radical (unpaired) electrons. The van der Waals surface area contributed by atoms with Crippen LogP contribution in [0.5, 0.6) is 0 Å². The maximum Gasteiger partial charge on any atom is 0.418 e. The highest BCUT2D eigenvalue weighted by atomic mass is 19.1. The van der Waals surface area contributed by atoms with Gasteiger partial charge in [0.1, 0.15) is 17.2 Å². The number of hydrogen-bond donors (Lipinski definition) is 0. The van der Waals surface area contributed by atoms with Crippen LogP contribution in [0, 0.1) is 12.7 Å². The van der Waals surface area contributed by atoms with Crippen molar-refractivity contribution in [2.24, 2.45) is 0 Å². The Morgan fingerprint density at radius 3 is 2.41 bits per heavy atom. The van der Waals surface area contributed by atoms with Gasteiger partial charge in [-0.1, -0.05) is 48.5 Å². The van der Waals surface area contributed by atoms with E-state index in [2.05, 4.69) is 14.5 Å². The van der Waals surface area contributed by atoms with E-state index in [4.69, 9.17) is 4.74 Å². The molecule has 0 aliphatic rings. The number of aryl methyl sites for hydroxylation is 1. The van der Waals surface area contributed by atoms with Gasteiger partial charge in [0, 0.05) is 35.5 Å². The van der Waals surface area contributed by atoms with Crippen LogP contribution in [0.3, 0.4) is 0 Å². The Balaban J connectivity index is 1.34. The molecule has 6 aromatic rings. The van der Waals surface area contributed by atoms with Crippen LogP contribution in [0.1, 0.15) is 27.3 Å². The van der Waals surface area contributed by atoms with E-state index in [0.29, 0.717) is 28.6 Å². The Morgan fingerprint density at radius 1 is 0.923 bits per heavy atom. The highest BCUT2D eigenvalue weighted by Gasteiger charge is 2.21. The van der Waals surface area contributed by atoms with E-state index in [1.807, 2.05) is 31.2 Å². The summed E-state index contributed by atoms with van der Waals surface area (Å²) >= 11 is 0. The molecule has 3 aromatic carbocycles. The third-order valence-electron chi connectivity index (χ3n) is 6.90. The molecule has 0 aliphatic carbocycles. The Bertz CT molecular complexity index is 1870. The number of methoxy groups -OCH3 is 1. The van der Waals surface area contributed by atoms with Crippen LogP contribution in [0.25, 0.3) is 33.1 Å². The van der Waals surface area contributed by atoms with Crippen molar-refractivity contribution in [3.63, 3.8) is 0 Å². The van der Waals surface area contributed by atoms with Gasteiger partial charge in [-0.15, -0.1) is 0 Å². The molecule has 8 heteroatoms. The number of pyridine rings is 1. The van der Waals surface area contributed by atoms with Gasteiger partial charge in [0.05, 0.1) is 24.3 Å². The van der Waals surface area contributed by atoms with Gasteiger partial charge in [0.15, 0.2) is 5.78 Å². The zero-order valence-corrected chi connectivity index (χ0v) is 21.3. The number of carbonyl (C=O) groups excluding carboxylic acids is 2. The minimum atomic E-state index is -0.608. The van der Waals surface area contributed by atoms with Crippen molar-refractivity contribution >= 4 is 33.8 Å². The lowest BCUT2D eigenvalue weighted by molar-refractivity contribution is 0.104. The van der Waals surface area contributed by atoms with Crippen LogP contribution in [-0.4, -0.2) is 38.1 Å². The van der Waals surface area contributed by atoms with E-state index >= 15 is 0 Å². The third kappa shape index (κ3) is 4.35. The van der Waals surface area contributed by atoms with E-state index in [1.165, 1.54) is 30.0 Å². The fourth-order valence-electron chi connectivity index (χ4n) is 4.88. The second-order valence-electron chi connectivity index (χ2n) is 9.26. The maximum atomic E-state index is 13.6. The molecule has 0 spiro atoms. The summed E-state index contributed by atoms with van der Waals surface area (Å²) in [5.41, 5.74) is 5.85. The number of ether oxygens (including phenoxy) is 1. The lowest BCUT2D eigenvalue weighted by atomic mass is 9.99. The van der Waals surface area contributed by atoms with Crippen molar-refractivity contribution in [1.82, 2.24) is 19.1 Å². The summed E-state index contributed by atoms with van der Waals surface area (Å²) in [4.78, 5) is 34.9. The topological polar surface area (TPSA) is 79.0 Å². The van der Waals surface area contributed by atoms with Crippen LogP contribution in [-0.2, 0) is 11.3 Å². The summed E-state index contributed by atoms with van der Waals surface area (Å²) in [6.07, 6.45) is 4.39. The number of carbonyl (C=O) groups is 2. The highest BCUT2D eigenvalue weighted by Crippen LogP contribution is 2.30.